The highest BCUT2D eigenvalue weighted by Crippen LogP contribution is 2.30. The second-order valence-electron chi connectivity index (χ2n) is 7.60. The third kappa shape index (κ3) is 4.04. The van der Waals surface area contributed by atoms with Gasteiger partial charge in [0.25, 0.3) is 0 Å². The third-order valence-electron chi connectivity index (χ3n) is 5.43. The van der Waals surface area contributed by atoms with Crippen LogP contribution in [0.3, 0.4) is 0 Å². The van der Waals surface area contributed by atoms with Gasteiger partial charge in [0.1, 0.15) is 11.5 Å². The van der Waals surface area contributed by atoms with Crippen LogP contribution in [0.2, 0.25) is 0 Å². The number of fused-ring (bicyclic) bond motifs is 1. The molecule has 0 bridgehead atoms. The van der Waals surface area contributed by atoms with Gasteiger partial charge in [-0.1, -0.05) is 24.3 Å². The minimum atomic E-state index is -0.339. The molecule has 1 fully saturated rings. The number of rotatable bonds is 5. The summed E-state index contributed by atoms with van der Waals surface area (Å²) in [5.41, 5.74) is 4.28. The molecule has 0 amide bonds. The van der Waals surface area contributed by atoms with E-state index in [1.165, 1.54) is 6.07 Å². The summed E-state index contributed by atoms with van der Waals surface area (Å²) in [6, 6.07) is 16.8. The molecule has 7 nitrogen and oxygen atoms in total. The summed E-state index contributed by atoms with van der Waals surface area (Å²) in [4.78, 5) is 12.3. The van der Waals surface area contributed by atoms with Crippen LogP contribution in [0, 0.1) is 17.1 Å². The van der Waals surface area contributed by atoms with Crippen LogP contribution >= 0.6 is 0 Å². The Morgan fingerprint density at radius 3 is 2.94 bits per heavy atom. The van der Waals surface area contributed by atoms with Gasteiger partial charge in [-0.3, -0.25) is 0 Å². The maximum absolute atomic E-state index is 14.8. The summed E-state index contributed by atoms with van der Waals surface area (Å²) in [5, 5.41) is 16.2. The molecular formula is C24H21FN6O. The lowest BCUT2D eigenvalue weighted by atomic mass is 10.0. The molecule has 0 radical (unpaired) electrons. The monoisotopic (exact) mass is 428 g/mol. The molecule has 0 aliphatic carbocycles. The molecule has 4 aromatic rings. The van der Waals surface area contributed by atoms with Gasteiger partial charge in [-0.2, -0.15) is 10.2 Å². The summed E-state index contributed by atoms with van der Waals surface area (Å²) in [6.45, 7) is 1.93. The first-order valence-electron chi connectivity index (χ1n) is 10.4. The molecule has 1 atom stereocenters. The van der Waals surface area contributed by atoms with Crippen LogP contribution < -0.4 is 10.6 Å². The second-order valence-corrected chi connectivity index (χ2v) is 7.60. The number of nitriles is 1. The second kappa shape index (κ2) is 8.75. The van der Waals surface area contributed by atoms with Gasteiger partial charge in [-0.15, -0.1) is 0 Å². The Labute approximate surface area is 184 Å². The van der Waals surface area contributed by atoms with Gasteiger partial charge >= 0.3 is 0 Å². The Bertz CT molecular complexity index is 1310. The molecule has 1 aliphatic heterocycles. The minimum Gasteiger partial charge on any atom is -0.371 e. The SMILES string of the molecule is N#CCc1cccc(-c2nc(Nc3ccc(C4CNCCO4)c(F)c3)nc3[nH]ccc23)c1. The van der Waals surface area contributed by atoms with Gasteiger partial charge in [0.15, 0.2) is 0 Å². The van der Waals surface area contributed by atoms with Crippen molar-refractivity contribution in [2.75, 3.05) is 25.0 Å². The fraction of sp³-hybridized carbons (Fsp3) is 0.208. The molecule has 1 saturated heterocycles. The molecule has 1 aliphatic rings. The molecule has 3 N–H and O–H groups in total. The summed E-state index contributed by atoms with van der Waals surface area (Å²) in [7, 11) is 0. The smallest absolute Gasteiger partial charge is 0.229 e. The first-order chi connectivity index (χ1) is 15.7. The van der Waals surface area contributed by atoms with E-state index >= 15 is 0 Å². The van der Waals surface area contributed by atoms with Crippen LogP contribution in [0.4, 0.5) is 16.0 Å². The summed E-state index contributed by atoms with van der Waals surface area (Å²) >= 11 is 0. The molecule has 160 valence electrons. The fourth-order valence-corrected chi connectivity index (χ4v) is 3.90. The standard InChI is InChI=1S/C24H21FN6O/c25-20-13-17(4-5-18(20)21-14-27-10-11-32-21)29-24-30-22(19-7-9-28-23(19)31-24)16-3-1-2-15(12-16)6-8-26/h1-5,7,9,12-13,21,27H,6,10-11,14H2,(H2,28,29,30,31). The molecule has 8 heteroatoms. The number of aromatic nitrogens is 3. The average Bonchev–Trinajstić information content (AvgIpc) is 3.28. The number of anilines is 2. The van der Waals surface area contributed by atoms with Crippen molar-refractivity contribution in [3.05, 3.63) is 71.7 Å². The Morgan fingerprint density at radius 2 is 2.12 bits per heavy atom. The highest BCUT2D eigenvalue weighted by atomic mass is 19.1. The van der Waals surface area contributed by atoms with Gasteiger partial charge in [0.2, 0.25) is 5.95 Å². The predicted molar refractivity (Wildman–Crippen MR) is 120 cm³/mol. The zero-order valence-corrected chi connectivity index (χ0v) is 17.2. The zero-order valence-electron chi connectivity index (χ0n) is 17.2. The number of halogens is 1. The van der Waals surface area contributed by atoms with Gasteiger partial charge in [0.05, 0.1) is 30.9 Å². The summed E-state index contributed by atoms with van der Waals surface area (Å²) in [6.07, 6.45) is 1.83. The maximum Gasteiger partial charge on any atom is 0.229 e. The molecule has 5 rings (SSSR count). The fourth-order valence-electron chi connectivity index (χ4n) is 3.90. The number of nitrogens with zero attached hydrogens (tertiary/aromatic N) is 3. The van der Waals surface area contributed by atoms with Crippen molar-refractivity contribution >= 4 is 22.7 Å². The van der Waals surface area contributed by atoms with Gasteiger partial charge in [0, 0.05) is 41.5 Å². The molecule has 2 aromatic carbocycles. The molecule has 3 heterocycles. The van der Waals surface area contributed by atoms with Crippen LogP contribution in [0.15, 0.2) is 54.7 Å². The Kier molecular flexibility index (Phi) is 5.50. The Balaban J connectivity index is 1.47. The van der Waals surface area contributed by atoms with E-state index in [1.54, 1.807) is 18.3 Å². The van der Waals surface area contributed by atoms with Crippen molar-refractivity contribution < 1.29 is 9.13 Å². The number of H-pyrrole nitrogens is 1. The van der Waals surface area contributed by atoms with E-state index in [0.29, 0.717) is 42.4 Å². The van der Waals surface area contributed by atoms with Crippen LogP contribution in [-0.4, -0.2) is 34.6 Å². The predicted octanol–water partition coefficient (Wildman–Crippen LogP) is 4.23. The van der Waals surface area contributed by atoms with E-state index in [1.807, 2.05) is 30.3 Å². The van der Waals surface area contributed by atoms with E-state index in [0.717, 1.165) is 28.8 Å². The normalized spacial score (nSPS) is 16.1. The lowest BCUT2D eigenvalue weighted by molar-refractivity contribution is 0.0255. The number of morpholine rings is 1. The minimum absolute atomic E-state index is 0.295. The van der Waals surface area contributed by atoms with Gasteiger partial charge < -0.3 is 20.4 Å². The average molecular weight is 428 g/mol. The first kappa shape index (κ1) is 20.1. The van der Waals surface area contributed by atoms with Crippen molar-refractivity contribution in [2.45, 2.75) is 12.5 Å². The number of hydrogen-bond donors (Lipinski definition) is 3. The van der Waals surface area contributed by atoms with Crippen molar-refractivity contribution in [1.82, 2.24) is 20.3 Å². The van der Waals surface area contributed by atoms with Gasteiger partial charge in [-0.25, -0.2) is 9.37 Å². The largest absolute Gasteiger partial charge is 0.371 e. The van der Waals surface area contributed by atoms with Crippen LogP contribution in [-0.2, 0) is 11.2 Å². The zero-order chi connectivity index (χ0) is 21.9. The van der Waals surface area contributed by atoms with Crippen LogP contribution in [0.25, 0.3) is 22.3 Å². The summed E-state index contributed by atoms with van der Waals surface area (Å²) < 4.78 is 20.4. The third-order valence-corrected chi connectivity index (χ3v) is 5.43. The number of benzene rings is 2. The van der Waals surface area contributed by atoms with Crippen molar-refractivity contribution in [3.63, 3.8) is 0 Å². The van der Waals surface area contributed by atoms with E-state index in [-0.39, 0.29) is 11.9 Å². The number of aromatic amines is 1. The van der Waals surface area contributed by atoms with E-state index in [2.05, 4.69) is 26.7 Å². The summed E-state index contributed by atoms with van der Waals surface area (Å²) in [5.74, 6) is 0.0115. The van der Waals surface area contributed by atoms with E-state index in [9.17, 15) is 4.39 Å². The number of hydrogen-bond acceptors (Lipinski definition) is 6. The Hall–Kier alpha value is -3.80. The van der Waals surface area contributed by atoms with Crippen molar-refractivity contribution in [3.8, 4) is 17.3 Å². The van der Waals surface area contributed by atoms with Crippen LogP contribution in [0.5, 0.6) is 0 Å². The first-order valence-corrected chi connectivity index (χ1v) is 10.4. The van der Waals surface area contributed by atoms with E-state index in [4.69, 9.17) is 15.0 Å². The highest BCUT2D eigenvalue weighted by Gasteiger charge is 2.20. The topological polar surface area (TPSA) is 98.7 Å². The number of nitrogens with one attached hydrogen (secondary N) is 3. The molecule has 0 spiro atoms. The lowest BCUT2D eigenvalue weighted by Gasteiger charge is -2.24. The quantitative estimate of drug-likeness (QED) is 0.440. The maximum atomic E-state index is 14.8. The molecular weight excluding hydrogens is 407 g/mol. The highest BCUT2D eigenvalue weighted by molar-refractivity contribution is 5.91. The molecule has 2 aromatic heterocycles. The lowest BCUT2D eigenvalue weighted by Crippen LogP contribution is -2.33. The van der Waals surface area contributed by atoms with Crippen molar-refractivity contribution in [1.29, 1.82) is 5.26 Å². The van der Waals surface area contributed by atoms with Crippen molar-refractivity contribution in [2.24, 2.45) is 0 Å². The molecule has 32 heavy (non-hydrogen) atoms. The van der Waals surface area contributed by atoms with Crippen LogP contribution in [0.1, 0.15) is 17.2 Å². The number of ether oxygens (including phenoxy) is 1. The van der Waals surface area contributed by atoms with Gasteiger partial charge in [-0.05, 0) is 29.8 Å². The Morgan fingerprint density at radius 1 is 1.19 bits per heavy atom. The molecule has 0 saturated carbocycles. The van der Waals surface area contributed by atoms with E-state index < -0.39 is 0 Å². The molecule has 1 unspecified atom stereocenters.